The van der Waals surface area contributed by atoms with E-state index in [1.807, 2.05) is 42.5 Å². The van der Waals surface area contributed by atoms with Gasteiger partial charge in [-0.25, -0.2) is 4.98 Å². The Bertz CT molecular complexity index is 833. The van der Waals surface area contributed by atoms with Crippen LogP contribution in [-0.4, -0.2) is 10.9 Å². The minimum absolute atomic E-state index is 0.137. The summed E-state index contributed by atoms with van der Waals surface area (Å²) in [5.74, 6) is -0.137. The van der Waals surface area contributed by atoms with Gasteiger partial charge in [0.25, 0.3) is 5.91 Å². The maximum absolute atomic E-state index is 12.3. The molecule has 0 saturated carbocycles. The zero-order chi connectivity index (χ0) is 16.2. The first-order valence-electron chi connectivity index (χ1n) is 6.87. The van der Waals surface area contributed by atoms with Crippen LogP contribution in [0.15, 0.2) is 54.7 Å². The van der Waals surface area contributed by atoms with Gasteiger partial charge in [0.1, 0.15) is 0 Å². The van der Waals surface area contributed by atoms with E-state index >= 15 is 0 Å². The fourth-order valence-corrected chi connectivity index (χ4v) is 3.66. The van der Waals surface area contributed by atoms with Crippen LogP contribution in [0.25, 0.3) is 0 Å². The first-order chi connectivity index (χ1) is 11.1. The number of hydrogen-bond acceptors (Lipinski definition) is 3. The molecule has 1 N–H and O–H groups in total. The van der Waals surface area contributed by atoms with Crippen molar-refractivity contribution in [3.8, 4) is 0 Å². The van der Waals surface area contributed by atoms with E-state index in [1.165, 1.54) is 11.3 Å². The summed E-state index contributed by atoms with van der Waals surface area (Å²) in [5, 5.41) is 4.19. The van der Waals surface area contributed by atoms with Crippen molar-refractivity contribution in [2.75, 3.05) is 5.32 Å². The van der Waals surface area contributed by atoms with Crippen molar-refractivity contribution in [2.24, 2.45) is 0 Å². The molecule has 3 rings (SSSR count). The molecule has 0 aliphatic heterocycles. The number of rotatable bonds is 4. The second-order valence-corrected chi connectivity index (χ2v) is 7.58. The van der Waals surface area contributed by atoms with E-state index in [9.17, 15) is 4.79 Å². The lowest BCUT2D eigenvalue weighted by Crippen LogP contribution is -2.12. The Morgan fingerprint density at radius 3 is 2.65 bits per heavy atom. The average Bonchev–Trinajstić information content (AvgIpc) is 2.97. The standard InChI is InChI=1S/C17H12ClIN2OS/c18-12-7-5-11(6-8-12)9-13-10-20-17(23-13)21-16(22)14-3-1-2-4-15(14)19/h1-8,10H,9H2,(H,20,21,22). The topological polar surface area (TPSA) is 42.0 Å². The lowest BCUT2D eigenvalue weighted by molar-refractivity contribution is 0.102. The molecule has 116 valence electrons. The Hall–Kier alpha value is -1.44. The maximum Gasteiger partial charge on any atom is 0.258 e. The Balaban J connectivity index is 1.69. The molecule has 1 heterocycles. The SMILES string of the molecule is O=C(Nc1ncc(Cc2ccc(Cl)cc2)s1)c1ccccc1I. The van der Waals surface area contributed by atoms with Crippen LogP contribution in [-0.2, 0) is 6.42 Å². The number of halogens is 2. The van der Waals surface area contributed by atoms with Crippen molar-refractivity contribution in [3.05, 3.63) is 79.3 Å². The number of nitrogens with one attached hydrogen (secondary N) is 1. The number of benzene rings is 2. The van der Waals surface area contributed by atoms with Gasteiger partial charge in [0.2, 0.25) is 0 Å². The summed E-state index contributed by atoms with van der Waals surface area (Å²) in [4.78, 5) is 17.6. The summed E-state index contributed by atoms with van der Waals surface area (Å²) >= 11 is 9.52. The minimum atomic E-state index is -0.137. The third-order valence-corrected chi connectivity index (χ3v) is 5.29. The van der Waals surface area contributed by atoms with E-state index in [1.54, 1.807) is 12.3 Å². The minimum Gasteiger partial charge on any atom is -0.298 e. The van der Waals surface area contributed by atoms with Gasteiger partial charge in [-0.2, -0.15) is 0 Å². The molecular formula is C17H12ClIN2OS. The molecule has 0 spiro atoms. The van der Waals surface area contributed by atoms with Crippen LogP contribution in [0.4, 0.5) is 5.13 Å². The lowest BCUT2D eigenvalue weighted by Gasteiger charge is -2.03. The summed E-state index contributed by atoms with van der Waals surface area (Å²) in [6.07, 6.45) is 2.57. The molecule has 0 bridgehead atoms. The molecule has 0 saturated heterocycles. The van der Waals surface area contributed by atoms with Gasteiger partial charge >= 0.3 is 0 Å². The highest BCUT2D eigenvalue weighted by Crippen LogP contribution is 2.23. The van der Waals surface area contributed by atoms with Crippen molar-refractivity contribution >= 4 is 56.6 Å². The molecule has 2 aromatic carbocycles. The highest BCUT2D eigenvalue weighted by molar-refractivity contribution is 14.1. The molecule has 1 amide bonds. The van der Waals surface area contributed by atoms with Crippen molar-refractivity contribution in [3.63, 3.8) is 0 Å². The van der Waals surface area contributed by atoms with Crippen molar-refractivity contribution < 1.29 is 4.79 Å². The van der Waals surface area contributed by atoms with Crippen LogP contribution < -0.4 is 5.32 Å². The first-order valence-corrected chi connectivity index (χ1v) is 9.14. The van der Waals surface area contributed by atoms with E-state index in [4.69, 9.17) is 11.6 Å². The van der Waals surface area contributed by atoms with Crippen molar-refractivity contribution in [2.45, 2.75) is 6.42 Å². The monoisotopic (exact) mass is 454 g/mol. The van der Waals surface area contributed by atoms with Gasteiger partial charge in [0.05, 0.1) is 5.56 Å². The predicted octanol–water partition coefficient (Wildman–Crippen LogP) is 5.24. The van der Waals surface area contributed by atoms with Crippen LogP contribution in [0.2, 0.25) is 5.02 Å². The second-order valence-electron chi connectivity index (χ2n) is 4.87. The highest BCUT2D eigenvalue weighted by Gasteiger charge is 2.11. The summed E-state index contributed by atoms with van der Waals surface area (Å²) in [7, 11) is 0. The van der Waals surface area contributed by atoms with Crippen molar-refractivity contribution in [1.82, 2.24) is 4.98 Å². The summed E-state index contributed by atoms with van der Waals surface area (Å²) in [6, 6.07) is 15.2. The molecule has 0 radical (unpaired) electrons. The fourth-order valence-electron chi connectivity index (χ4n) is 2.06. The number of hydrogen-bond donors (Lipinski definition) is 1. The molecule has 0 fully saturated rings. The van der Waals surface area contributed by atoms with Gasteiger partial charge in [-0.3, -0.25) is 10.1 Å². The molecule has 0 unspecified atom stereocenters. The van der Waals surface area contributed by atoms with Gasteiger partial charge in [-0.05, 0) is 52.4 Å². The zero-order valence-electron chi connectivity index (χ0n) is 11.9. The molecule has 3 aromatic rings. The van der Waals surface area contributed by atoms with Crippen LogP contribution in [0.1, 0.15) is 20.8 Å². The molecule has 1 aromatic heterocycles. The Labute approximate surface area is 156 Å². The quantitative estimate of drug-likeness (QED) is 0.548. The Kier molecular flexibility index (Phi) is 5.30. The summed E-state index contributed by atoms with van der Waals surface area (Å²) in [6.45, 7) is 0. The number of anilines is 1. The van der Waals surface area contributed by atoms with E-state index in [0.717, 1.165) is 25.5 Å². The smallest absolute Gasteiger partial charge is 0.258 e. The van der Waals surface area contributed by atoms with E-state index in [0.29, 0.717) is 10.7 Å². The number of carbonyl (C=O) groups is 1. The summed E-state index contributed by atoms with van der Waals surface area (Å²) in [5.41, 5.74) is 1.82. The average molecular weight is 455 g/mol. The molecule has 0 atom stereocenters. The van der Waals surface area contributed by atoms with Crippen LogP contribution in [0.5, 0.6) is 0 Å². The van der Waals surface area contributed by atoms with Crippen LogP contribution in [0.3, 0.4) is 0 Å². The van der Waals surface area contributed by atoms with Crippen molar-refractivity contribution in [1.29, 1.82) is 0 Å². The zero-order valence-corrected chi connectivity index (χ0v) is 15.7. The summed E-state index contributed by atoms with van der Waals surface area (Å²) < 4.78 is 0.917. The Morgan fingerprint density at radius 2 is 1.91 bits per heavy atom. The van der Waals surface area contributed by atoms with Gasteiger partial charge in [-0.15, -0.1) is 11.3 Å². The van der Waals surface area contributed by atoms with Crippen LogP contribution in [0, 0.1) is 3.57 Å². The number of carbonyl (C=O) groups excluding carboxylic acids is 1. The predicted molar refractivity (Wildman–Crippen MR) is 103 cm³/mol. The Morgan fingerprint density at radius 1 is 1.17 bits per heavy atom. The number of amides is 1. The fraction of sp³-hybridized carbons (Fsp3) is 0.0588. The molecular weight excluding hydrogens is 443 g/mol. The van der Waals surface area contributed by atoms with Gasteiger partial charge in [0.15, 0.2) is 5.13 Å². The number of thiazole rings is 1. The largest absolute Gasteiger partial charge is 0.298 e. The molecule has 0 aliphatic rings. The molecule has 3 nitrogen and oxygen atoms in total. The third kappa shape index (κ3) is 4.31. The van der Waals surface area contributed by atoms with Crippen LogP contribution >= 0.6 is 45.5 Å². The van der Waals surface area contributed by atoms with Gasteiger partial charge in [-0.1, -0.05) is 35.9 Å². The van der Waals surface area contributed by atoms with E-state index < -0.39 is 0 Å². The molecule has 0 aliphatic carbocycles. The normalized spacial score (nSPS) is 10.5. The molecule has 6 heteroatoms. The van der Waals surface area contributed by atoms with E-state index in [-0.39, 0.29) is 5.91 Å². The van der Waals surface area contributed by atoms with Gasteiger partial charge in [0, 0.05) is 26.1 Å². The van der Waals surface area contributed by atoms with Gasteiger partial charge < -0.3 is 0 Å². The van der Waals surface area contributed by atoms with E-state index in [2.05, 4.69) is 32.9 Å². The number of aromatic nitrogens is 1. The molecule has 23 heavy (non-hydrogen) atoms. The maximum atomic E-state index is 12.3. The second kappa shape index (κ2) is 7.42. The number of nitrogens with zero attached hydrogens (tertiary/aromatic N) is 1. The first kappa shape index (κ1) is 16.4. The third-order valence-electron chi connectivity index (χ3n) is 3.18. The lowest BCUT2D eigenvalue weighted by atomic mass is 10.1. The highest BCUT2D eigenvalue weighted by atomic mass is 127.